The van der Waals surface area contributed by atoms with Gasteiger partial charge in [-0.15, -0.1) is 0 Å². The molecule has 9 nitrogen and oxygen atoms in total. The number of benzene rings is 1. The number of sulfonamides is 1. The number of nitrogens with one attached hydrogen (secondary N) is 2. The lowest BCUT2D eigenvalue weighted by Crippen LogP contribution is -2.42. The molecule has 2 unspecified atom stereocenters. The Morgan fingerprint density at radius 1 is 1.14 bits per heavy atom. The molecule has 0 spiro atoms. The van der Waals surface area contributed by atoms with Crippen molar-refractivity contribution in [2.24, 2.45) is 11.8 Å². The Labute approximate surface area is 162 Å². The lowest BCUT2D eigenvalue weighted by molar-refractivity contribution is -0.313. The van der Waals surface area contributed by atoms with Crippen molar-refractivity contribution in [2.45, 2.75) is 37.5 Å². The van der Waals surface area contributed by atoms with Gasteiger partial charge in [-0.3, -0.25) is 9.52 Å². The van der Waals surface area contributed by atoms with Gasteiger partial charge in [-0.2, -0.15) is 0 Å². The van der Waals surface area contributed by atoms with Crippen LogP contribution in [-0.2, 0) is 19.6 Å². The first-order valence-corrected chi connectivity index (χ1v) is 10.3. The van der Waals surface area contributed by atoms with Crippen LogP contribution in [0.3, 0.4) is 0 Å². The van der Waals surface area contributed by atoms with E-state index in [-0.39, 0.29) is 10.7 Å². The minimum atomic E-state index is -3.86. The maximum Gasteiger partial charge on any atom is 0.263 e. The number of aromatic nitrogens is 1. The van der Waals surface area contributed by atoms with E-state index in [0.29, 0.717) is 24.3 Å². The molecule has 1 aliphatic carbocycles. The molecule has 3 rings (SSSR count). The molecule has 0 saturated heterocycles. The molecule has 2 N–H and O–H groups in total. The first-order chi connectivity index (χ1) is 13.3. The molecule has 10 heteroatoms. The van der Waals surface area contributed by atoms with Crippen molar-refractivity contribution < 1.29 is 27.6 Å². The molecule has 0 radical (unpaired) electrons. The Kier molecular flexibility index (Phi) is 5.68. The summed E-state index contributed by atoms with van der Waals surface area (Å²) in [6, 6.07) is 7.00. The summed E-state index contributed by atoms with van der Waals surface area (Å²) in [6.07, 6.45) is 2.45. The van der Waals surface area contributed by atoms with E-state index < -0.39 is 33.7 Å². The highest BCUT2D eigenvalue weighted by Crippen LogP contribution is 2.31. The van der Waals surface area contributed by atoms with Gasteiger partial charge >= 0.3 is 0 Å². The van der Waals surface area contributed by atoms with Crippen molar-refractivity contribution >= 4 is 33.4 Å². The molecule has 0 bridgehead atoms. The summed E-state index contributed by atoms with van der Waals surface area (Å²) in [5.74, 6) is -2.53. The molecule has 1 saturated carbocycles. The molecular formula is C18H20N3O6S-. The van der Waals surface area contributed by atoms with Gasteiger partial charge in [0, 0.05) is 29.6 Å². The number of anilines is 2. The molecule has 28 heavy (non-hydrogen) atoms. The predicted molar refractivity (Wildman–Crippen MR) is 97.6 cm³/mol. The van der Waals surface area contributed by atoms with Gasteiger partial charge in [0.05, 0.1) is 4.90 Å². The van der Waals surface area contributed by atoms with Crippen molar-refractivity contribution in [3.05, 3.63) is 36.1 Å². The van der Waals surface area contributed by atoms with Gasteiger partial charge in [-0.05, 0) is 44.0 Å². The SMILES string of the molecule is Cc1cc(NS(=O)(=O)c2ccc(NC(=O)C3CCCCC3C(=O)[O-])cc2)no1. The highest BCUT2D eigenvalue weighted by Gasteiger charge is 2.31. The van der Waals surface area contributed by atoms with Crippen molar-refractivity contribution in [3.63, 3.8) is 0 Å². The summed E-state index contributed by atoms with van der Waals surface area (Å²) in [5, 5.41) is 17.5. The smallest absolute Gasteiger partial charge is 0.263 e. The topological polar surface area (TPSA) is 141 Å². The Hall–Kier alpha value is -2.88. The number of carbonyl (C=O) groups excluding carboxylic acids is 2. The first-order valence-electron chi connectivity index (χ1n) is 8.84. The van der Waals surface area contributed by atoms with Crippen LogP contribution >= 0.6 is 0 Å². The lowest BCUT2D eigenvalue weighted by Gasteiger charge is -2.31. The van der Waals surface area contributed by atoms with Gasteiger partial charge < -0.3 is 19.7 Å². The van der Waals surface area contributed by atoms with Crippen LogP contribution in [0.15, 0.2) is 39.8 Å². The summed E-state index contributed by atoms with van der Waals surface area (Å²) in [4.78, 5) is 23.7. The first kappa shape index (κ1) is 19.9. The number of aliphatic carboxylic acids is 1. The average molecular weight is 406 g/mol. The number of amides is 1. The van der Waals surface area contributed by atoms with E-state index in [1.165, 1.54) is 30.3 Å². The highest BCUT2D eigenvalue weighted by molar-refractivity contribution is 7.92. The molecule has 1 heterocycles. The monoisotopic (exact) mass is 406 g/mol. The van der Waals surface area contributed by atoms with Crippen molar-refractivity contribution in [1.29, 1.82) is 0 Å². The second kappa shape index (κ2) is 8.01. The van der Waals surface area contributed by atoms with Crippen LogP contribution in [0.25, 0.3) is 0 Å². The van der Waals surface area contributed by atoms with E-state index in [1.807, 2.05) is 0 Å². The third-order valence-electron chi connectivity index (χ3n) is 4.70. The predicted octanol–water partition coefficient (Wildman–Crippen LogP) is 1.28. The molecule has 1 amide bonds. The third-order valence-corrected chi connectivity index (χ3v) is 6.08. The fourth-order valence-corrected chi connectivity index (χ4v) is 4.27. The Morgan fingerprint density at radius 3 is 2.36 bits per heavy atom. The number of nitrogens with zero attached hydrogens (tertiary/aromatic N) is 1. The summed E-state index contributed by atoms with van der Waals surface area (Å²) in [5.41, 5.74) is 0.379. The largest absolute Gasteiger partial charge is 0.550 e. The zero-order chi connectivity index (χ0) is 20.3. The fourth-order valence-electron chi connectivity index (χ4n) is 3.29. The number of aryl methyl sites for hydroxylation is 1. The summed E-state index contributed by atoms with van der Waals surface area (Å²) in [6.45, 7) is 1.64. The van der Waals surface area contributed by atoms with Gasteiger partial charge in [0.2, 0.25) is 5.91 Å². The van der Waals surface area contributed by atoms with Crippen LogP contribution in [-0.4, -0.2) is 25.5 Å². The van der Waals surface area contributed by atoms with Crippen LogP contribution < -0.4 is 15.1 Å². The summed E-state index contributed by atoms with van der Waals surface area (Å²) in [7, 11) is -3.86. The molecule has 2 aromatic rings. The second-order valence-electron chi connectivity index (χ2n) is 6.76. The minimum absolute atomic E-state index is 0.0172. The molecule has 1 fully saturated rings. The highest BCUT2D eigenvalue weighted by atomic mass is 32.2. The molecule has 1 aromatic heterocycles. The number of rotatable bonds is 6. The lowest BCUT2D eigenvalue weighted by atomic mass is 9.78. The zero-order valence-corrected chi connectivity index (χ0v) is 16.0. The van der Waals surface area contributed by atoms with Gasteiger partial charge in [-0.25, -0.2) is 8.42 Å². The Bertz CT molecular complexity index is 967. The van der Waals surface area contributed by atoms with E-state index in [1.54, 1.807) is 6.92 Å². The van der Waals surface area contributed by atoms with E-state index in [4.69, 9.17) is 4.52 Å². The average Bonchev–Trinajstić information content (AvgIpc) is 3.06. The minimum Gasteiger partial charge on any atom is -0.550 e. The number of carboxylic acid groups (broad SMARTS) is 1. The van der Waals surface area contributed by atoms with E-state index in [0.717, 1.165) is 12.8 Å². The molecule has 1 aromatic carbocycles. The van der Waals surface area contributed by atoms with Crippen LogP contribution in [0.4, 0.5) is 11.5 Å². The van der Waals surface area contributed by atoms with Gasteiger partial charge in [0.1, 0.15) is 5.76 Å². The summed E-state index contributed by atoms with van der Waals surface area (Å²) >= 11 is 0. The Balaban J connectivity index is 1.68. The maximum absolute atomic E-state index is 12.5. The van der Waals surface area contributed by atoms with Crippen LogP contribution in [0, 0.1) is 18.8 Å². The van der Waals surface area contributed by atoms with E-state index in [9.17, 15) is 23.1 Å². The normalized spacial score (nSPS) is 19.8. The molecule has 150 valence electrons. The zero-order valence-electron chi connectivity index (χ0n) is 15.2. The fraction of sp³-hybridized carbons (Fsp3) is 0.389. The van der Waals surface area contributed by atoms with Gasteiger partial charge in [0.15, 0.2) is 5.82 Å². The van der Waals surface area contributed by atoms with Crippen molar-refractivity contribution in [3.8, 4) is 0 Å². The molecule has 1 aliphatic rings. The molecular weight excluding hydrogens is 386 g/mol. The standard InChI is InChI=1S/C18H21N3O6S/c1-11-10-16(20-27-11)21-28(25,26)13-8-6-12(7-9-13)19-17(22)14-4-2-3-5-15(14)18(23)24/h6-10,14-15H,2-5H2,1H3,(H,19,22)(H,20,21)(H,23,24)/p-1. The van der Waals surface area contributed by atoms with Crippen molar-refractivity contribution in [1.82, 2.24) is 5.16 Å². The van der Waals surface area contributed by atoms with E-state index in [2.05, 4.69) is 15.2 Å². The maximum atomic E-state index is 12.5. The molecule has 0 aliphatic heterocycles. The second-order valence-corrected chi connectivity index (χ2v) is 8.44. The summed E-state index contributed by atoms with van der Waals surface area (Å²) < 4.78 is 31.8. The van der Waals surface area contributed by atoms with Gasteiger partial charge in [-0.1, -0.05) is 18.0 Å². The van der Waals surface area contributed by atoms with Crippen LogP contribution in [0.5, 0.6) is 0 Å². The third kappa shape index (κ3) is 4.50. The number of carboxylic acids is 1. The number of hydrogen-bond acceptors (Lipinski definition) is 7. The van der Waals surface area contributed by atoms with Crippen LogP contribution in [0.1, 0.15) is 31.4 Å². The number of hydrogen-bond donors (Lipinski definition) is 2. The van der Waals surface area contributed by atoms with Gasteiger partial charge in [0.25, 0.3) is 10.0 Å². The van der Waals surface area contributed by atoms with E-state index >= 15 is 0 Å². The quantitative estimate of drug-likeness (QED) is 0.736. The molecule has 2 atom stereocenters. The number of carbonyl (C=O) groups is 2. The Morgan fingerprint density at radius 2 is 1.79 bits per heavy atom. The van der Waals surface area contributed by atoms with Crippen molar-refractivity contribution in [2.75, 3.05) is 10.0 Å². The van der Waals surface area contributed by atoms with Crippen LogP contribution in [0.2, 0.25) is 0 Å².